The first-order chi connectivity index (χ1) is 19.7. The Morgan fingerprint density at radius 2 is 1.71 bits per heavy atom. The molecule has 1 aromatic carbocycles. The molecular weight excluding hydrogens is 518 g/mol. The number of rotatable bonds is 6. The molecule has 0 unspecified atom stereocenters. The van der Waals surface area contributed by atoms with Crippen LogP contribution in [0, 0.1) is 0 Å². The lowest BCUT2D eigenvalue weighted by Gasteiger charge is -2.33. The van der Waals surface area contributed by atoms with Crippen molar-refractivity contribution in [3.8, 4) is 22.5 Å². The second-order valence-corrected chi connectivity index (χ2v) is 11.9. The van der Waals surface area contributed by atoms with Gasteiger partial charge in [0.05, 0.1) is 24.5 Å². The Bertz CT molecular complexity index is 1590. The number of hydrogen-bond acceptors (Lipinski definition) is 7. The third-order valence-corrected chi connectivity index (χ3v) is 7.48. The monoisotopic (exact) mass is 553 g/mol. The Kier molecular flexibility index (Phi) is 7.15. The quantitative estimate of drug-likeness (QED) is 0.328. The molecule has 1 amide bonds. The fourth-order valence-electron chi connectivity index (χ4n) is 5.11. The van der Waals surface area contributed by atoms with Gasteiger partial charge in [0.1, 0.15) is 5.60 Å². The number of carbonyl (C=O) groups excluding carboxylic acids is 1. The molecule has 2 fully saturated rings. The molecule has 6 rings (SSSR count). The Balaban J connectivity index is 1.10. The van der Waals surface area contributed by atoms with Crippen LogP contribution in [0.5, 0.6) is 0 Å². The van der Waals surface area contributed by atoms with Crippen LogP contribution in [0.15, 0.2) is 66.0 Å². The molecule has 1 aliphatic carbocycles. The third kappa shape index (κ3) is 6.37. The molecule has 10 nitrogen and oxygen atoms in total. The second kappa shape index (κ2) is 10.9. The van der Waals surface area contributed by atoms with Crippen LogP contribution < -0.4 is 5.56 Å². The number of benzene rings is 1. The number of carbonyl (C=O) groups is 1. The molecule has 1 saturated heterocycles. The normalized spacial score (nSPS) is 16.1. The largest absolute Gasteiger partial charge is 0.444 e. The molecule has 4 heterocycles. The van der Waals surface area contributed by atoms with Gasteiger partial charge < -0.3 is 9.64 Å². The van der Waals surface area contributed by atoms with Gasteiger partial charge in [0, 0.05) is 60.4 Å². The van der Waals surface area contributed by atoms with E-state index in [4.69, 9.17) is 4.74 Å². The highest BCUT2D eigenvalue weighted by Gasteiger charge is 2.28. The molecule has 0 radical (unpaired) electrons. The molecule has 1 saturated carbocycles. The van der Waals surface area contributed by atoms with Crippen molar-refractivity contribution in [3.05, 3.63) is 82.8 Å². The topological polar surface area (TPSA) is 108 Å². The summed E-state index contributed by atoms with van der Waals surface area (Å²) in [4.78, 5) is 35.8. The zero-order valence-electron chi connectivity index (χ0n) is 23.7. The van der Waals surface area contributed by atoms with E-state index in [-0.39, 0.29) is 17.7 Å². The summed E-state index contributed by atoms with van der Waals surface area (Å²) in [5.41, 5.74) is 4.08. The molecule has 0 atom stereocenters. The first-order valence-electron chi connectivity index (χ1n) is 14.2. The molecule has 1 aliphatic heterocycles. The first kappa shape index (κ1) is 26.9. The predicted octanol–water partition coefficient (Wildman–Crippen LogP) is 5.06. The van der Waals surface area contributed by atoms with Crippen molar-refractivity contribution in [1.29, 1.82) is 0 Å². The zero-order chi connectivity index (χ0) is 28.6. The molecule has 0 bridgehead atoms. The summed E-state index contributed by atoms with van der Waals surface area (Å²) < 4.78 is 9.02. The smallest absolute Gasteiger partial charge is 0.410 e. The van der Waals surface area contributed by atoms with E-state index in [1.165, 1.54) is 4.68 Å². The van der Waals surface area contributed by atoms with Crippen LogP contribution in [0.25, 0.3) is 22.5 Å². The highest BCUT2D eigenvalue weighted by atomic mass is 16.6. The van der Waals surface area contributed by atoms with E-state index >= 15 is 0 Å². The van der Waals surface area contributed by atoms with Gasteiger partial charge in [-0.3, -0.25) is 9.48 Å². The lowest BCUT2D eigenvalue weighted by atomic mass is 10.1. The van der Waals surface area contributed by atoms with Gasteiger partial charge >= 0.3 is 6.09 Å². The van der Waals surface area contributed by atoms with E-state index in [0.29, 0.717) is 31.4 Å². The molecule has 4 aromatic rings. The molecular formula is C31H35N7O3. The molecule has 3 aromatic heterocycles. The van der Waals surface area contributed by atoms with Crippen molar-refractivity contribution in [2.24, 2.45) is 0 Å². The summed E-state index contributed by atoms with van der Waals surface area (Å²) in [6.45, 7) is 7.33. The number of hydrogen-bond donors (Lipinski definition) is 0. The summed E-state index contributed by atoms with van der Waals surface area (Å²) in [5, 5.41) is 9.18. The summed E-state index contributed by atoms with van der Waals surface area (Å²) in [7, 11) is 0. The van der Waals surface area contributed by atoms with E-state index in [2.05, 4.69) is 20.2 Å². The van der Waals surface area contributed by atoms with E-state index in [9.17, 15) is 9.59 Å². The number of amides is 1. The Morgan fingerprint density at radius 3 is 2.41 bits per heavy atom. The van der Waals surface area contributed by atoms with Gasteiger partial charge in [0.15, 0.2) is 5.82 Å². The Morgan fingerprint density at radius 1 is 0.951 bits per heavy atom. The number of ether oxygens (including phenoxy) is 1. The van der Waals surface area contributed by atoms with E-state index in [1.807, 2.05) is 80.6 Å². The molecule has 10 heteroatoms. The van der Waals surface area contributed by atoms with Gasteiger partial charge in [-0.25, -0.2) is 19.4 Å². The SMILES string of the molecule is CC(C)(C)OC(=O)N1CCC(n2cc(-c3cnc(-c4cccc(Cn5nc(C6CC6)ccc5=O)c4)nc3)cn2)CC1. The number of piperidine rings is 1. The van der Waals surface area contributed by atoms with Gasteiger partial charge in [-0.1, -0.05) is 18.2 Å². The standard InChI is InChI=1S/C31H35N7O3/c1-31(2,3)41-30(40)36-13-11-26(12-14-36)37-20-25(18-34-37)24-16-32-29(33-17-24)23-6-4-5-21(15-23)19-38-28(39)10-9-27(35-38)22-7-8-22/h4-6,9-10,15-18,20,22,26H,7-8,11-14,19H2,1-3H3. The summed E-state index contributed by atoms with van der Waals surface area (Å²) in [6, 6.07) is 11.6. The molecule has 41 heavy (non-hydrogen) atoms. The van der Waals surface area contributed by atoms with E-state index in [1.54, 1.807) is 11.0 Å². The average Bonchev–Trinajstić information content (AvgIpc) is 3.69. The minimum Gasteiger partial charge on any atom is -0.444 e. The minimum atomic E-state index is -0.495. The van der Waals surface area contributed by atoms with Crippen LogP contribution in [-0.2, 0) is 11.3 Å². The predicted molar refractivity (Wildman–Crippen MR) is 154 cm³/mol. The fourth-order valence-corrected chi connectivity index (χ4v) is 5.11. The van der Waals surface area contributed by atoms with Crippen LogP contribution in [-0.4, -0.2) is 59.2 Å². The van der Waals surface area contributed by atoms with E-state index in [0.717, 1.165) is 53.6 Å². The maximum Gasteiger partial charge on any atom is 0.410 e. The Labute approximate surface area is 239 Å². The average molecular weight is 554 g/mol. The van der Waals surface area contributed by atoms with Crippen LogP contribution in [0.2, 0.25) is 0 Å². The summed E-state index contributed by atoms with van der Waals surface area (Å²) >= 11 is 0. The van der Waals surface area contributed by atoms with Crippen LogP contribution >= 0.6 is 0 Å². The lowest BCUT2D eigenvalue weighted by molar-refractivity contribution is 0.0185. The van der Waals surface area contributed by atoms with Crippen molar-refractivity contribution in [1.82, 2.24) is 34.4 Å². The van der Waals surface area contributed by atoms with Gasteiger partial charge in [0.25, 0.3) is 5.56 Å². The zero-order valence-corrected chi connectivity index (χ0v) is 23.7. The maximum absolute atomic E-state index is 12.4. The molecule has 0 N–H and O–H groups in total. The molecule has 0 spiro atoms. The van der Waals surface area contributed by atoms with Crippen LogP contribution in [0.3, 0.4) is 0 Å². The molecule has 212 valence electrons. The Hall–Kier alpha value is -4.34. The molecule has 2 aliphatic rings. The summed E-state index contributed by atoms with van der Waals surface area (Å²) in [6.07, 6.45) is 11.1. The number of likely N-dealkylation sites (tertiary alicyclic amines) is 1. The van der Waals surface area contributed by atoms with E-state index < -0.39 is 5.60 Å². The van der Waals surface area contributed by atoms with Gasteiger partial charge in [-0.15, -0.1) is 0 Å². The minimum absolute atomic E-state index is 0.102. The highest BCUT2D eigenvalue weighted by Crippen LogP contribution is 2.38. The van der Waals surface area contributed by atoms with Crippen LogP contribution in [0.4, 0.5) is 4.79 Å². The van der Waals surface area contributed by atoms with Crippen LogP contribution in [0.1, 0.15) is 69.7 Å². The number of aromatic nitrogens is 6. The van der Waals surface area contributed by atoms with Crippen molar-refractivity contribution in [3.63, 3.8) is 0 Å². The van der Waals surface area contributed by atoms with Gasteiger partial charge in [0.2, 0.25) is 0 Å². The first-order valence-corrected chi connectivity index (χ1v) is 14.2. The van der Waals surface area contributed by atoms with Gasteiger partial charge in [-0.2, -0.15) is 10.2 Å². The van der Waals surface area contributed by atoms with Gasteiger partial charge in [-0.05, 0) is 64.2 Å². The second-order valence-electron chi connectivity index (χ2n) is 11.9. The van der Waals surface area contributed by atoms with Crippen molar-refractivity contribution in [2.75, 3.05) is 13.1 Å². The maximum atomic E-state index is 12.4. The van der Waals surface area contributed by atoms with Crippen molar-refractivity contribution >= 4 is 6.09 Å². The summed E-state index contributed by atoms with van der Waals surface area (Å²) in [5.74, 6) is 1.11. The lowest BCUT2D eigenvalue weighted by Crippen LogP contribution is -2.42. The fraction of sp³-hybridized carbons (Fsp3) is 0.419. The van der Waals surface area contributed by atoms with Crippen molar-refractivity contribution in [2.45, 2.75) is 70.6 Å². The number of nitrogens with zero attached hydrogens (tertiary/aromatic N) is 7. The third-order valence-electron chi connectivity index (χ3n) is 7.48. The van der Waals surface area contributed by atoms with Crippen molar-refractivity contribution < 1.29 is 9.53 Å². The highest BCUT2D eigenvalue weighted by molar-refractivity contribution is 5.68.